The molecule has 1 fully saturated rings. The van der Waals surface area contributed by atoms with Crippen molar-refractivity contribution >= 4 is 23.9 Å². The third-order valence-corrected chi connectivity index (χ3v) is 8.80. The molecule has 2 aliphatic rings. The number of carbonyl (C=O) groups is 3. The van der Waals surface area contributed by atoms with Gasteiger partial charge >= 0.3 is 5.97 Å². The third-order valence-electron chi connectivity index (χ3n) is 8.80. The molecule has 4 rings (SSSR count). The molecule has 0 radical (unpaired) electrons. The van der Waals surface area contributed by atoms with Crippen LogP contribution in [0.1, 0.15) is 103 Å². The van der Waals surface area contributed by atoms with Crippen molar-refractivity contribution in [3.63, 3.8) is 0 Å². The van der Waals surface area contributed by atoms with E-state index in [2.05, 4.69) is 24.5 Å². The fourth-order valence-electron chi connectivity index (χ4n) is 6.17. The quantitative estimate of drug-likeness (QED) is 0.0834. The molecule has 3 atom stereocenters. The van der Waals surface area contributed by atoms with Crippen LogP contribution in [0, 0.1) is 0 Å². The lowest BCUT2D eigenvalue weighted by Crippen LogP contribution is -2.43. The van der Waals surface area contributed by atoms with Crippen LogP contribution in [0.15, 0.2) is 66.4 Å². The van der Waals surface area contributed by atoms with Gasteiger partial charge in [-0.1, -0.05) is 63.8 Å². The number of aliphatic hydroxyl groups is 2. The van der Waals surface area contributed by atoms with Crippen molar-refractivity contribution in [1.82, 2.24) is 10.6 Å². The standard InChI is InChI=1S/C39H52N2O9/c1-3-5-7-17-39(18-8-6-4-2)49-34-26-32(37(45)41-27-29-10-9-11-31(24-29)36(44)40-19-20-42)25-33(35(34)50-39)48-38(46)30-14-12-28(13-15-30)16-22-47-23-21-43/h9-16,22,24,26,33-35,42-43H,3-8,17-21,23,25,27H2,1-2H3,(H,40,44)(H,41,45)/t33-,34-,35+/m1/s1. The number of rotatable bonds is 20. The highest BCUT2D eigenvalue weighted by Gasteiger charge is 2.52. The maximum atomic E-state index is 13.6. The molecule has 1 heterocycles. The van der Waals surface area contributed by atoms with Crippen LogP contribution in [-0.2, 0) is 30.3 Å². The minimum Gasteiger partial charge on any atom is -0.499 e. The zero-order valence-corrected chi connectivity index (χ0v) is 29.2. The molecule has 50 heavy (non-hydrogen) atoms. The average molecular weight is 693 g/mol. The van der Waals surface area contributed by atoms with Gasteiger partial charge in [-0.15, -0.1) is 0 Å². The Balaban J connectivity index is 1.52. The van der Waals surface area contributed by atoms with Crippen LogP contribution in [0.5, 0.6) is 0 Å². The van der Waals surface area contributed by atoms with Crippen molar-refractivity contribution in [2.75, 3.05) is 26.4 Å². The van der Waals surface area contributed by atoms with E-state index in [1.54, 1.807) is 48.5 Å². The SMILES string of the molecule is CCCCCC1(CCCCC)O[C@@H]2[C@@H](C=C(C(=O)NCc3cccc(C(=O)NCCO)c3)C[C@H]2OC(=O)c2ccc(C=COCCO)cc2)O1. The summed E-state index contributed by atoms with van der Waals surface area (Å²) in [6.45, 7) is 4.59. The van der Waals surface area contributed by atoms with Crippen molar-refractivity contribution in [2.24, 2.45) is 0 Å². The second-order valence-corrected chi connectivity index (χ2v) is 12.7. The smallest absolute Gasteiger partial charge is 0.338 e. The van der Waals surface area contributed by atoms with Crippen molar-refractivity contribution in [2.45, 2.75) is 102 Å². The molecule has 1 saturated heterocycles. The molecule has 0 unspecified atom stereocenters. The van der Waals surface area contributed by atoms with Gasteiger partial charge in [0.1, 0.15) is 24.9 Å². The van der Waals surface area contributed by atoms with Gasteiger partial charge in [0.2, 0.25) is 5.91 Å². The van der Waals surface area contributed by atoms with Gasteiger partial charge in [0.25, 0.3) is 5.91 Å². The van der Waals surface area contributed by atoms with E-state index in [0.717, 1.165) is 49.7 Å². The van der Waals surface area contributed by atoms with Crippen LogP contribution in [0.4, 0.5) is 0 Å². The summed E-state index contributed by atoms with van der Waals surface area (Å²) in [6, 6.07) is 13.8. The Bertz CT molecular complexity index is 1450. The summed E-state index contributed by atoms with van der Waals surface area (Å²) in [5, 5.41) is 23.5. The second-order valence-electron chi connectivity index (χ2n) is 12.7. The minimum atomic E-state index is -0.824. The van der Waals surface area contributed by atoms with E-state index < -0.39 is 30.1 Å². The average Bonchev–Trinajstić information content (AvgIpc) is 3.50. The topological polar surface area (TPSA) is 153 Å². The van der Waals surface area contributed by atoms with Crippen LogP contribution in [0.2, 0.25) is 0 Å². The molecule has 11 heteroatoms. The van der Waals surface area contributed by atoms with Gasteiger partial charge in [0.05, 0.1) is 25.0 Å². The summed E-state index contributed by atoms with van der Waals surface area (Å²) in [4.78, 5) is 39.5. The summed E-state index contributed by atoms with van der Waals surface area (Å²) in [6.07, 6.45) is 10.8. The van der Waals surface area contributed by atoms with Gasteiger partial charge in [0, 0.05) is 43.5 Å². The Labute approximate surface area is 295 Å². The maximum Gasteiger partial charge on any atom is 0.338 e. The largest absolute Gasteiger partial charge is 0.499 e. The molecule has 1 aliphatic heterocycles. The number of ether oxygens (including phenoxy) is 4. The van der Waals surface area contributed by atoms with E-state index in [4.69, 9.17) is 29.2 Å². The lowest BCUT2D eigenvalue weighted by Gasteiger charge is -2.31. The van der Waals surface area contributed by atoms with Crippen molar-refractivity contribution < 1.29 is 43.5 Å². The number of aliphatic hydroxyl groups excluding tert-OH is 2. The minimum absolute atomic E-state index is 0.0786. The second kappa shape index (κ2) is 20.0. The monoisotopic (exact) mass is 692 g/mol. The number of unbranched alkanes of at least 4 members (excludes halogenated alkanes) is 4. The lowest BCUT2D eigenvalue weighted by molar-refractivity contribution is -0.190. The zero-order valence-electron chi connectivity index (χ0n) is 29.2. The fourth-order valence-corrected chi connectivity index (χ4v) is 6.17. The van der Waals surface area contributed by atoms with Crippen LogP contribution in [-0.4, -0.2) is 78.5 Å². The highest BCUT2D eigenvalue weighted by molar-refractivity contribution is 5.95. The maximum absolute atomic E-state index is 13.6. The van der Waals surface area contributed by atoms with E-state index in [9.17, 15) is 14.4 Å². The number of carbonyl (C=O) groups excluding carboxylic acids is 3. The van der Waals surface area contributed by atoms with Crippen LogP contribution in [0.3, 0.4) is 0 Å². The molecule has 0 bridgehead atoms. The Hall–Kier alpha value is -4.03. The first-order chi connectivity index (χ1) is 24.3. The summed E-state index contributed by atoms with van der Waals surface area (Å²) in [5.74, 6) is -1.99. The Morgan fingerprint density at radius 1 is 0.900 bits per heavy atom. The number of benzene rings is 2. The van der Waals surface area contributed by atoms with Gasteiger partial charge in [-0.05, 0) is 60.4 Å². The fraction of sp³-hybridized carbons (Fsp3) is 0.513. The molecule has 2 aromatic rings. The van der Waals surface area contributed by atoms with Gasteiger partial charge in [-0.25, -0.2) is 4.79 Å². The molecule has 0 aromatic heterocycles. The van der Waals surface area contributed by atoms with Gasteiger partial charge in [-0.2, -0.15) is 0 Å². The van der Waals surface area contributed by atoms with Crippen molar-refractivity contribution in [1.29, 1.82) is 0 Å². The first-order valence-electron chi connectivity index (χ1n) is 17.8. The highest BCUT2D eigenvalue weighted by Crippen LogP contribution is 2.43. The lowest BCUT2D eigenvalue weighted by atomic mass is 9.91. The van der Waals surface area contributed by atoms with Crippen molar-refractivity contribution in [3.8, 4) is 0 Å². The number of hydrogen-bond acceptors (Lipinski definition) is 9. The molecule has 4 N–H and O–H groups in total. The molecular formula is C39H52N2O9. The zero-order chi connectivity index (χ0) is 35.8. The number of fused-ring (bicyclic) bond motifs is 1. The Morgan fingerprint density at radius 3 is 2.32 bits per heavy atom. The molecule has 11 nitrogen and oxygen atoms in total. The third kappa shape index (κ3) is 11.2. The number of esters is 1. The molecule has 272 valence electrons. The first-order valence-corrected chi connectivity index (χ1v) is 17.8. The number of nitrogens with one attached hydrogen (secondary N) is 2. The molecular weight excluding hydrogens is 640 g/mol. The molecule has 1 aliphatic carbocycles. The van der Waals surface area contributed by atoms with Crippen molar-refractivity contribution in [3.05, 3.63) is 88.7 Å². The Morgan fingerprint density at radius 2 is 1.64 bits per heavy atom. The summed E-state index contributed by atoms with van der Waals surface area (Å²) < 4.78 is 24.7. The highest BCUT2D eigenvalue weighted by atomic mass is 16.8. The predicted octanol–water partition coefficient (Wildman–Crippen LogP) is 5.20. The van der Waals surface area contributed by atoms with Gasteiger partial charge in [0.15, 0.2) is 5.79 Å². The summed E-state index contributed by atoms with van der Waals surface area (Å²) in [7, 11) is 0. The van der Waals surface area contributed by atoms with E-state index in [-0.39, 0.29) is 51.1 Å². The normalized spacial score (nSPS) is 19.4. The number of hydrogen-bond donors (Lipinski definition) is 4. The molecule has 0 spiro atoms. The predicted molar refractivity (Wildman–Crippen MR) is 189 cm³/mol. The van der Waals surface area contributed by atoms with E-state index in [1.165, 1.54) is 6.26 Å². The van der Waals surface area contributed by atoms with E-state index in [1.807, 2.05) is 12.1 Å². The first kappa shape index (κ1) is 38.8. The van der Waals surface area contributed by atoms with E-state index in [0.29, 0.717) is 29.5 Å². The Kier molecular flexibility index (Phi) is 15.5. The summed E-state index contributed by atoms with van der Waals surface area (Å²) >= 11 is 0. The molecule has 2 aromatic carbocycles. The van der Waals surface area contributed by atoms with Gasteiger partial charge < -0.3 is 39.8 Å². The summed E-state index contributed by atoms with van der Waals surface area (Å²) in [5.41, 5.74) is 2.76. The molecule has 2 amide bonds. The van der Waals surface area contributed by atoms with Gasteiger partial charge in [-0.3, -0.25) is 9.59 Å². The van der Waals surface area contributed by atoms with Crippen LogP contribution in [0.25, 0.3) is 6.08 Å². The van der Waals surface area contributed by atoms with Crippen LogP contribution >= 0.6 is 0 Å². The van der Waals surface area contributed by atoms with Crippen LogP contribution < -0.4 is 10.6 Å². The molecule has 0 saturated carbocycles. The number of amides is 2. The van der Waals surface area contributed by atoms with E-state index >= 15 is 0 Å².